The number of carbonyl (C=O) groups is 2. The summed E-state index contributed by atoms with van der Waals surface area (Å²) in [5.41, 5.74) is 7.45. The minimum absolute atomic E-state index is 0.201. The van der Waals surface area contributed by atoms with Gasteiger partial charge in [0, 0.05) is 6.04 Å². The summed E-state index contributed by atoms with van der Waals surface area (Å²) in [6, 6.07) is 6.94. The minimum atomic E-state index is -0.442. The Balaban J connectivity index is 1.81. The van der Waals surface area contributed by atoms with E-state index in [-0.39, 0.29) is 17.8 Å². The fourth-order valence-corrected chi connectivity index (χ4v) is 3.13. The topological polar surface area (TPSA) is 99.2 Å². The first-order valence-corrected chi connectivity index (χ1v) is 8.43. The number of benzene rings is 1. The van der Waals surface area contributed by atoms with Crippen molar-refractivity contribution < 1.29 is 14.3 Å². The zero-order valence-corrected chi connectivity index (χ0v) is 14.2. The zero-order valence-electron chi connectivity index (χ0n) is 14.2. The molecule has 0 unspecified atom stereocenters. The maximum atomic E-state index is 12.5. The van der Waals surface area contributed by atoms with Crippen LogP contribution in [0.5, 0.6) is 0 Å². The third kappa shape index (κ3) is 3.65. The number of ether oxygens (including phenoxy) is 1. The number of hydrogen-bond donors (Lipinski definition) is 2. The molecule has 1 heterocycles. The Hall–Kier alpha value is -2.83. The highest BCUT2D eigenvalue weighted by Crippen LogP contribution is 2.21. The molecule has 132 valence electrons. The van der Waals surface area contributed by atoms with E-state index >= 15 is 0 Å². The molecule has 0 bridgehead atoms. The molecule has 1 aromatic carbocycles. The van der Waals surface area contributed by atoms with Crippen LogP contribution < -0.4 is 11.1 Å². The Morgan fingerprint density at radius 2 is 2.04 bits per heavy atom. The molecule has 2 aromatic rings. The second kappa shape index (κ2) is 7.38. The van der Waals surface area contributed by atoms with Gasteiger partial charge in [0.15, 0.2) is 0 Å². The first-order chi connectivity index (χ1) is 12.1. The average Bonchev–Trinajstić information content (AvgIpc) is 3.03. The van der Waals surface area contributed by atoms with Crippen LogP contribution in [0.3, 0.4) is 0 Å². The summed E-state index contributed by atoms with van der Waals surface area (Å²) < 4.78 is 6.17. The van der Waals surface area contributed by atoms with Crippen molar-refractivity contribution in [3.63, 3.8) is 0 Å². The van der Waals surface area contributed by atoms with E-state index in [1.54, 1.807) is 24.3 Å². The van der Waals surface area contributed by atoms with Gasteiger partial charge in [-0.3, -0.25) is 4.79 Å². The molecule has 7 nitrogen and oxygen atoms in total. The van der Waals surface area contributed by atoms with Crippen LogP contribution in [0, 0.1) is 0 Å². The first-order valence-electron chi connectivity index (χ1n) is 8.43. The summed E-state index contributed by atoms with van der Waals surface area (Å²) in [5, 5.41) is 7.24. The number of rotatable bonds is 4. The molecule has 1 aromatic heterocycles. The molecule has 0 spiro atoms. The Labute approximate surface area is 146 Å². The lowest BCUT2D eigenvalue weighted by molar-refractivity contribution is 0.0600. The SMILES string of the molecule is COC(=O)c1cccc(-n2ncc(C(=O)NC3CCCCC3)c2N)c1. The van der Waals surface area contributed by atoms with Crippen molar-refractivity contribution in [2.24, 2.45) is 0 Å². The van der Waals surface area contributed by atoms with Gasteiger partial charge in [0.1, 0.15) is 11.4 Å². The lowest BCUT2D eigenvalue weighted by Crippen LogP contribution is -2.36. The van der Waals surface area contributed by atoms with Crippen molar-refractivity contribution in [3.8, 4) is 5.69 Å². The summed E-state index contributed by atoms with van der Waals surface area (Å²) in [7, 11) is 1.32. The Morgan fingerprint density at radius 1 is 1.28 bits per heavy atom. The predicted molar refractivity (Wildman–Crippen MR) is 93.7 cm³/mol. The molecule has 1 aliphatic carbocycles. The average molecular weight is 342 g/mol. The van der Waals surface area contributed by atoms with Gasteiger partial charge in [0.25, 0.3) is 5.91 Å². The van der Waals surface area contributed by atoms with Crippen LogP contribution in [0.4, 0.5) is 5.82 Å². The van der Waals surface area contributed by atoms with Gasteiger partial charge in [-0.2, -0.15) is 5.10 Å². The molecule has 7 heteroatoms. The van der Waals surface area contributed by atoms with E-state index < -0.39 is 5.97 Å². The molecule has 0 aliphatic heterocycles. The second-order valence-corrected chi connectivity index (χ2v) is 6.21. The molecule has 1 fully saturated rings. The summed E-state index contributed by atoms with van der Waals surface area (Å²) in [6.07, 6.45) is 6.96. The van der Waals surface area contributed by atoms with Gasteiger partial charge >= 0.3 is 5.97 Å². The molecule has 0 radical (unpaired) electrons. The number of aromatic nitrogens is 2. The Kier molecular flexibility index (Phi) is 5.02. The summed E-state index contributed by atoms with van der Waals surface area (Å²) >= 11 is 0. The van der Waals surface area contributed by atoms with Crippen molar-refractivity contribution >= 4 is 17.7 Å². The molecule has 25 heavy (non-hydrogen) atoms. The van der Waals surface area contributed by atoms with Crippen LogP contribution in [0.25, 0.3) is 5.69 Å². The highest BCUT2D eigenvalue weighted by atomic mass is 16.5. The highest BCUT2D eigenvalue weighted by molar-refractivity contribution is 5.98. The number of nitrogens with zero attached hydrogens (tertiary/aromatic N) is 2. The lowest BCUT2D eigenvalue weighted by Gasteiger charge is -2.22. The fourth-order valence-electron chi connectivity index (χ4n) is 3.13. The van der Waals surface area contributed by atoms with Crippen LogP contribution in [0.15, 0.2) is 30.5 Å². The van der Waals surface area contributed by atoms with Crippen LogP contribution in [0.1, 0.15) is 52.8 Å². The number of amides is 1. The summed E-state index contributed by atoms with van der Waals surface area (Å²) in [4.78, 5) is 24.2. The number of methoxy groups -OCH3 is 1. The smallest absolute Gasteiger partial charge is 0.337 e. The molecule has 3 rings (SSSR count). The quantitative estimate of drug-likeness (QED) is 0.831. The third-order valence-electron chi connectivity index (χ3n) is 4.50. The van der Waals surface area contributed by atoms with Gasteiger partial charge in [-0.05, 0) is 31.0 Å². The van der Waals surface area contributed by atoms with E-state index in [9.17, 15) is 9.59 Å². The summed E-state index contributed by atoms with van der Waals surface area (Å²) in [5.74, 6) is -0.405. The molecule has 0 saturated heterocycles. The molecule has 1 aliphatic rings. The maximum Gasteiger partial charge on any atom is 0.337 e. The van der Waals surface area contributed by atoms with Gasteiger partial charge in [-0.25, -0.2) is 9.48 Å². The number of hydrogen-bond acceptors (Lipinski definition) is 5. The molecule has 0 atom stereocenters. The van der Waals surface area contributed by atoms with Crippen molar-refractivity contribution in [2.75, 3.05) is 12.8 Å². The van der Waals surface area contributed by atoms with E-state index in [1.165, 1.54) is 24.4 Å². The van der Waals surface area contributed by atoms with Crippen molar-refractivity contribution in [3.05, 3.63) is 41.6 Å². The minimum Gasteiger partial charge on any atom is -0.465 e. The fraction of sp³-hybridized carbons (Fsp3) is 0.389. The summed E-state index contributed by atoms with van der Waals surface area (Å²) in [6.45, 7) is 0. The van der Waals surface area contributed by atoms with Gasteiger partial charge in [0.05, 0.1) is 24.6 Å². The second-order valence-electron chi connectivity index (χ2n) is 6.21. The third-order valence-corrected chi connectivity index (χ3v) is 4.50. The van der Waals surface area contributed by atoms with Crippen molar-refractivity contribution in [2.45, 2.75) is 38.1 Å². The maximum absolute atomic E-state index is 12.5. The van der Waals surface area contributed by atoms with E-state index in [4.69, 9.17) is 10.5 Å². The van der Waals surface area contributed by atoms with Gasteiger partial charge in [-0.15, -0.1) is 0 Å². The number of anilines is 1. The predicted octanol–water partition coefficient (Wildman–Crippen LogP) is 2.30. The monoisotopic (exact) mass is 342 g/mol. The molecular formula is C18H22N4O3. The standard InChI is InChI=1S/C18H22N4O3/c1-25-18(24)12-6-5-9-14(10-12)22-16(19)15(11-20-22)17(23)21-13-7-3-2-4-8-13/h5-6,9-11,13H,2-4,7-8,19H2,1H3,(H,21,23). The number of carbonyl (C=O) groups excluding carboxylic acids is 2. The zero-order chi connectivity index (χ0) is 17.8. The van der Waals surface area contributed by atoms with E-state index in [1.807, 2.05) is 0 Å². The molecular weight excluding hydrogens is 320 g/mol. The van der Waals surface area contributed by atoms with Crippen molar-refractivity contribution in [1.29, 1.82) is 0 Å². The van der Waals surface area contributed by atoms with Gasteiger partial charge in [0.2, 0.25) is 0 Å². The Morgan fingerprint density at radius 3 is 2.76 bits per heavy atom. The Bertz CT molecular complexity index is 778. The normalized spacial score (nSPS) is 14.9. The lowest BCUT2D eigenvalue weighted by atomic mass is 9.95. The van der Waals surface area contributed by atoms with E-state index in [2.05, 4.69) is 10.4 Å². The van der Waals surface area contributed by atoms with Gasteiger partial charge in [-0.1, -0.05) is 25.3 Å². The number of nitrogen functional groups attached to an aromatic ring is 1. The van der Waals surface area contributed by atoms with E-state index in [0.717, 1.165) is 25.7 Å². The van der Waals surface area contributed by atoms with Crippen LogP contribution in [0.2, 0.25) is 0 Å². The van der Waals surface area contributed by atoms with Crippen molar-refractivity contribution in [1.82, 2.24) is 15.1 Å². The molecule has 3 N–H and O–H groups in total. The van der Waals surface area contributed by atoms with E-state index in [0.29, 0.717) is 16.8 Å². The highest BCUT2D eigenvalue weighted by Gasteiger charge is 2.21. The number of esters is 1. The largest absolute Gasteiger partial charge is 0.465 e. The number of nitrogens with one attached hydrogen (secondary N) is 1. The molecule has 1 saturated carbocycles. The van der Waals surface area contributed by atoms with Crippen LogP contribution in [-0.4, -0.2) is 34.8 Å². The van der Waals surface area contributed by atoms with Crippen LogP contribution in [-0.2, 0) is 4.74 Å². The number of nitrogens with two attached hydrogens (primary N) is 1. The molecule has 1 amide bonds. The first kappa shape index (κ1) is 17.0. The van der Waals surface area contributed by atoms with Crippen LogP contribution >= 0.6 is 0 Å². The van der Waals surface area contributed by atoms with Gasteiger partial charge < -0.3 is 15.8 Å².